The molecule has 2 aliphatic carbocycles. The molecule has 2 fully saturated rings. The van der Waals surface area contributed by atoms with Gasteiger partial charge in [0.15, 0.2) is 0 Å². The van der Waals surface area contributed by atoms with Crippen molar-refractivity contribution < 1.29 is 22.7 Å². The van der Waals surface area contributed by atoms with Crippen LogP contribution in [0, 0.1) is 5.92 Å². The summed E-state index contributed by atoms with van der Waals surface area (Å²) in [7, 11) is 0. The Morgan fingerprint density at radius 1 is 1.15 bits per heavy atom. The third-order valence-electron chi connectivity index (χ3n) is 5.68. The van der Waals surface area contributed by atoms with Gasteiger partial charge in [-0.1, -0.05) is 25.8 Å². The van der Waals surface area contributed by atoms with Crippen molar-refractivity contribution >= 4 is 11.6 Å². The lowest BCUT2D eigenvalue weighted by molar-refractivity contribution is -0.137. The van der Waals surface area contributed by atoms with Crippen LogP contribution in [-0.4, -0.2) is 24.7 Å². The molecule has 2 saturated carbocycles. The van der Waals surface area contributed by atoms with Gasteiger partial charge < -0.3 is 9.64 Å². The summed E-state index contributed by atoms with van der Waals surface area (Å²) in [6.07, 6.45) is 2.54. The zero-order valence-electron chi connectivity index (χ0n) is 15.8. The predicted molar refractivity (Wildman–Crippen MR) is 98.6 cm³/mol. The molecule has 0 saturated heterocycles. The van der Waals surface area contributed by atoms with Crippen molar-refractivity contribution in [3.8, 4) is 0 Å². The van der Waals surface area contributed by atoms with Crippen LogP contribution in [0.15, 0.2) is 24.3 Å². The van der Waals surface area contributed by atoms with E-state index in [0.29, 0.717) is 12.3 Å². The first-order valence-corrected chi connectivity index (χ1v) is 10.0. The van der Waals surface area contributed by atoms with Gasteiger partial charge in [-0.2, -0.15) is 13.2 Å². The number of ether oxygens (including phenoxy) is 1. The number of amides is 1. The molecular weight excluding hydrogens is 355 g/mol. The lowest BCUT2D eigenvalue weighted by Gasteiger charge is -2.35. The molecule has 0 N–H and O–H groups in total. The fourth-order valence-electron chi connectivity index (χ4n) is 4.35. The van der Waals surface area contributed by atoms with Crippen molar-refractivity contribution in [2.24, 2.45) is 5.92 Å². The van der Waals surface area contributed by atoms with Gasteiger partial charge in [-0.25, -0.2) is 0 Å². The Kier molecular flexibility index (Phi) is 6.45. The minimum atomic E-state index is -4.42. The average Bonchev–Trinajstić information content (AvgIpc) is 3.32. The average molecular weight is 383 g/mol. The van der Waals surface area contributed by atoms with Crippen LogP contribution < -0.4 is 4.90 Å². The molecular formula is C21H28F3NO2. The van der Waals surface area contributed by atoms with Crippen LogP contribution in [0.4, 0.5) is 18.9 Å². The maximum Gasteiger partial charge on any atom is 0.416 e. The highest BCUT2D eigenvalue weighted by Gasteiger charge is 2.40. The van der Waals surface area contributed by atoms with E-state index in [9.17, 15) is 18.0 Å². The second kappa shape index (κ2) is 8.63. The second-order valence-electron chi connectivity index (χ2n) is 7.65. The van der Waals surface area contributed by atoms with E-state index in [4.69, 9.17) is 4.74 Å². The molecule has 27 heavy (non-hydrogen) atoms. The Morgan fingerprint density at radius 3 is 2.56 bits per heavy atom. The zero-order valence-corrected chi connectivity index (χ0v) is 15.8. The van der Waals surface area contributed by atoms with E-state index < -0.39 is 11.7 Å². The lowest BCUT2D eigenvalue weighted by atomic mass is 10.0. The minimum Gasteiger partial charge on any atom is -0.376 e. The Hall–Kier alpha value is -1.56. The molecule has 0 radical (unpaired) electrons. The van der Waals surface area contributed by atoms with E-state index >= 15 is 0 Å². The van der Waals surface area contributed by atoms with Crippen molar-refractivity contribution in [1.29, 1.82) is 0 Å². The molecule has 0 bridgehead atoms. The first-order valence-electron chi connectivity index (χ1n) is 10.0. The number of halogens is 3. The number of alkyl halides is 3. The van der Waals surface area contributed by atoms with Crippen molar-refractivity contribution in [3.63, 3.8) is 0 Å². The molecule has 3 rings (SSSR count). The third-order valence-corrected chi connectivity index (χ3v) is 5.68. The van der Waals surface area contributed by atoms with Crippen molar-refractivity contribution in [2.45, 2.75) is 76.6 Å². The second-order valence-corrected chi connectivity index (χ2v) is 7.65. The highest BCUT2D eigenvalue weighted by Crippen LogP contribution is 2.37. The molecule has 3 nitrogen and oxygen atoms in total. The molecule has 2 atom stereocenters. The molecule has 1 aromatic rings. The molecule has 2 unspecified atom stereocenters. The van der Waals surface area contributed by atoms with Gasteiger partial charge in [0, 0.05) is 18.2 Å². The van der Waals surface area contributed by atoms with Crippen molar-refractivity contribution in [1.82, 2.24) is 0 Å². The van der Waals surface area contributed by atoms with Crippen molar-refractivity contribution in [3.05, 3.63) is 29.8 Å². The summed E-state index contributed by atoms with van der Waals surface area (Å²) in [5, 5.41) is 0. The van der Waals surface area contributed by atoms with E-state index in [1.807, 2.05) is 6.92 Å². The molecule has 2 aliphatic rings. The highest BCUT2D eigenvalue weighted by atomic mass is 19.4. The number of rotatable bonds is 6. The van der Waals surface area contributed by atoms with Gasteiger partial charge in [-0.3, -0.25) is 4.79 Å². The number of hydrogen-bond acceptors (Lipinski definition) is 2. The molecule has 0 aromatic heterocycles. The van der Waals surface area contributed by atoms with Gasteiger partial charge in [0.05, 0.1) is 17.7 Å². The number of nitrogens with zero attached hydrogens (tertiary/aromatic N) is 1. The van der Waals surface area contributed by atoms with Crippen LogP contribution in [-0.2, 0) is 15.7 Å². The van der Waals surface area contributed by atoms with Crippen molar-refractivity contribution in [2.75, 3.05) is 11.5 Å². The minimum absolute atomic E-state index is 0.0381. The Balaban J connectivity index is 1.93. The Bertz CT molecular complexity index is 641. The van der Waals surface area contributed by atoms with E-state index in [-0.39, 0.29) is 24.0 Å². The molecule has 6 heteroatoms. The summed E-state index contributed by atoms with van der Waals surface area (Å²) >= 11 is 0. The number of carbonyl (C=O) groups is 1. The largest absolute Gasteiger partial charge is 0.416 e. The third kappa shape index (κ3) is 4.65. The lowest BCUT2D eigenvalue weighted by Crippen LogP contribution is -2.48. The molecule has 1 aromatic carbocycles. The fraction of sp³-hybridized carbons (Fsp3) is 0.667. The zero-order chi connectivity index (χ0) is 19.4. The quantitative estimate of drug-likeness (QED) is 0.642. The van der Waals surface area contributed by atoms with Crippen LogP contribution in [0.25, 0.3) is 0 Å². The van der Waals surface area contributed by atoms with Gasteiger partial charge in [0.1, 0.15) is 0 Å². The fourth-order valence-corrected chi connectivity index (χ4v) is 4.35. The maximum absolute atomic E-state index is 13.3. The Morgan fingerprint density at radius 2 is 1.89 bits per heavy atom. The van der Waals surface area contributed by atoms with Gasteiger partial charge in [0.2, 0.25) is 5.91 Å². The summed E-state index contributed by atoms with van der Waals surface area (Å²) in [5.41, 5.74) is -0.369. The van der Waals surface area contributed by atoms with Crippen LogP contribution >= 0.6 is 0 Å². The standard InChI is InChI=1S/C21H28F3NO2/c1-2-13-27-19-12-6-11-18(19)25(20(26)15-7-3-4-8-15)17-10-5-9-16(14-17)21(22,23)24/h5,9-10,14-15,18-19H,2-4,6-8,11-13H2,1H3. The maximum atomic E-state index is 13.3. The topological polar surface area (TPSA) is 29.5 Å². The molecule has 0 heterocycles. The summed E-state index contributed by atoms with van der Waals surface area (Å²) in [5.74, 6) is -0.129. The summed E-state index contributed by atoms with van der Waals surface area (Å²) < 4.78 is 45.6. The number of hydrogen-bond donors (Lipinski definition) is 0. The first kappa shape index (κ1) is 20.2. The molecule has 0 spiro atoms. The summed E-state index contributed by atoms with van der Waals surface area (Å²) in [6.45, 7) is 2.63. The summed E-state index contributed by atoms with van der Waals surface area (Å²) in [4.78, 5) is 14.9. The number of benzene rings is 1. The van der Waals surface area contributed by atoms with Crippen LogP contribution in [0.1, 0.15) is 63.9 Å². The molecule has 1 amide bonds. The SMILES string of the molecule is CCCOC1CCCC1N(C(=O)C1CCCC1)c1cccc(C(F)(F)F)c1. The van der Waals surface area contributed by atoms with Crippen LogP contribution in [0.2, 0.25) is 0 Å². The monoisotopic (exact) mass is 383 g/mol. The van der Waals surface area contributed by atoms with Gasteiger partial charge in [-0.05, 0) is 56.7 Å². The van der Waals surface area contributed by atoms with E-state index in [0.717, 1.165) is 63.5 Å². The highest BCUT2D eigenvalue weighted by molar-refractivity contribution is 5.96. The van der Waals surface area contributed by atoms with E-state index in [1.165, 1.54) is 6.07 Å². The van der Waals surface area contributed by atoms with Gasteiger partial charge in [-0.15, -0.1) is 0 Å². The van der Waals surface area contributed by atoms with Crippen LogP contribution in [0.5, 0.6) is 0 Å². The van der Waals surface area contributed by atoms with Gasteiger partial charge >= 0.3 is 6.18 Å². The van der Waals surface area contributed by atoms with E-state index in [2.05, 4.69) is 0 Å². The molecule has 150 valence electrons. The Labute approximate surface area is 158 Å². The first-order chi connectivity index (χ1) is 12.9. The summed E-state index contributed by atoms with van der Waals surface area (Å²) in [6, 6.07) is 5.00. The van der Waals surface area contributed by atoms with E-state index in [1.54, 1.807) is 11.0 Å². The predicted octanol–water partition coefficient (Wildman–Crippen LogP) is 5.58. The molecule has 0 aliphatic heterocycles. The van der Waals surface area contributed by atoms with Gasteiger partial charge in [0.25, 0.3) is 0 Å². The number of carbonyl (C=O) groups excluding carboxylic acids is 1. The normalized spacial score (nSPS) is 23.7. The smallest absolute Gasteiger partial charge is 0.376 e. The van der Waals surface area contributed by atoms with Crippen LogP contribution in [0.3, 0.4) is 0 Å². The number of anilines is 1.